The molecule has 0 radical (unpaired) electrons. The molecule has 0 spiro atoms. The number of ether oxygens (including phenoxy) is 1. The summed E-state index contributed by atoms with van der Waals surface area (Å²) in [6, 6.07) is 10.0. The summed E-state index contributed by atoms with van der Waals surface area (Å²) in [6.07, 6.45) is 3.53. The highest BCUT2D eigenvalue weighted by molar-refractivity contribution is 8.13. The van der Waals surface area contributed by atoms with Crippen LogP contribution in [0.25, 0.3) is 11.2 Å². The summed E-state index contributed by atoms with van der Waals surface area (Å²) in [5, 5.41) is 12.7. The molecule has 0 aliphatic carbocycles. The number of carbonyl (C=O) groups is 1. The van der Waals surface area contributed by atoms with Gasteiger partial charge in [-0.1, -0.05) is 49.0 Å². The van der Waals surface area contributed by atoms with Gasteiger partial charge in [-0.05, 0) is 25.8 Å². The van der Waals surface area contributed by atoms with Crippen molar-refractivity contribution in [2.24, 2.45) is 11.3 Å². The zero-order valence-electron chi connectivity index (χ0n) is 21.8. The minimum absolute atomic E-state index is 0.0653. The second-order valence-corrected chi connectivity index (χ2v) is 12.2. The van der Waals surface area contributed by atoms with Gasteiger partial charge in [-0.3, -0.25) is 9.36 Å². The van der Waals surface area contributed by atoms with E-state index in [1.165, 1.54) is 6.33 Å². The lowest BCUT2D eigenvalue weighted by atomic mass is 9.97. The molecule has 2 aromatic heterocycles. The number of benzene rings is 1. The lowest BCUT2D eigenvalue weighted by Crippen LogP contribution is -2.26. The number of aromatic nitrogens is 4. The summed E-state index contributed by atoms with van der Waals surface area (Å²) in [6.45, 7) is 6.65. The van der Waals surface area contributed by atoms with Crippen molar-refractivity contribution in [1.82, 2.24) is 24.6 Å². The number of hydrogen-bond acceptors (Lipinski definition) is 11. The molecule has 0 saturated carbocycles. The summed E-state index contributed by atoms with van der Waals surface area (Å²) in [7, 11) is -1.43. The molecule has 3 heterocycles. The van der Waals surface area contributed by atoms with E-state index in [0.29, 0.717) is 42.5 Å². The van der Waals surface area contributed by atoms with E-state index in [2.05, 4.69) is 27.0 Å². The van der Waals surface area contributed by atoms with E-state index in [0.717, 1.165) is 23.7 Å². The summed E-state index contributed by atoms with van der Waals surface area (Å²) in [4.78, 5) is 25.0. The summed E-state index contributed by atoms with van der Waals surface area (Å²) < 4.78 is 20.4. The van der Waals surface area contributed by atoms with Gasteiger partial charge in [0.2, 0.25) is 0 Å². The third kappa shape index (κ3) is 7.26. The molecule has 1 fully saturated rings. The van der Waals surface area contributed by atoms with Crippen molar-refractivity contribution in [3.05, 3.63) is 48.5 Å². The van der Waals surface area contributed by atoms with E-state index in [1.807, 2.05) is 34.9 Å². The molecule has 38 heavy (non-hydrogen) atoms. The summed E-state index contributed by atoms with van der Waals surface area (Å²) in [5.74, 6) is 1.01. The van der Waals surface area contributed by atoms with Crippen LogP contribution in [0.3, 0.4) is 0 Å². The molecule has 4 atom stereocenters. The number of aliphatic hydroxyl groups excluding tert-OH is 1. The maximum atomic E-state index is 12.3. The highest BCUT2D eigenvalue weighted by Gasteiger charge is 2.35. The van der Waals surface area contributed by atoms with Crippen molar-refractivity contribution < 1.29 is 23.7 Å². The van der Waals surface area contributed by atoms with Crippen molar-refractivity contribution in [3.63, 3.8) is 0 Å². The van der Waals surface area contributed by atoms with E-state index in [-0.39, 0.29) is 30.0 Å². The van der Waals surface area contributed by atoms with Gasteiger partial charge in [0.25, 0.3) is 8.53 Å². The third-order valence-corrected chi connectivity index (χ3v) is 8.62. The molecule has 4 N–H and O–H groups in total. The van der Waals surface area contributed by atoms with Crippen LogP contribution >= 0.6 is 20.3 Å². The Balaban J connectivity index is 1.32. The van der Waals surface area contributed by atoms with Crippen LogP contribution in [0.4, 0.5) is 5.82 Å². The number of imidazole rings is 1. The van der Waals surface area contributed by atoms with E-state index in [4.69, 9.17) is 19.5 Å². The number of nitrogens with two attached hydrogens (primary N) is 1. The molecule has 13 heteroatoms. The van der Waals surface area contributed by atoms with E-state index < -0.39 is 13.9 Å². The Morgan fingerprint density at radius 2 is 2.08 bits per heavy atom. The van der Waals surface area contributed by atoms with Crippen molar-refractivity contribution in [1.29, 1.82) is 0 Å². The number of rotatable bonds is 13. The molecule has 1 aliphatic rings. The van der Waals surface area contributed by atoms with Crippen LogP contribution in [-0.4, -0.2) is 61.4 Å². The first-order valence-corrected chi connectivity index (χ1v) is 14.6. The summed E-state index contributed by atoms with van der Waals surface area (Å²) in [5.41, 5.74) is 7.48. The standard InChI is InChI=1S/C25H35N6O5PS/c1-17-11-19(36-23(17)31-16-29-20-21(26)27-15-28-22(20)31)13-35-37(30-12-18-7-5-4-6-8-18)34-9-10-38-24(33)25(2,3)14-32/h4-8,15-17,19,23,30,32H,9-14H2,1-3H3,(H2,26,27,28). The highest BCUT2D eigenvalue weighted by atomic mass is 32.2. The van der Waals surface area contributed by atoms with Gasteiger partial charge in [-0.25, -0.2) is 20.0 Å². The zero-order chi connectivity index (χ0) is 27.1. The van der Waals surface area contributed by atoms with Gasteiger partial charge in [0.05, 0.1) is 37.7 Å². The molecule has 4 rings (SSSR count). The van der Waals surface area contributed by atoms with Crippen molar-refractivity contribution >= 4 is 42.4 Å². The fourth-order valence-electron chi connectivity index (χ4n) is 3.97. The fraction of sp³-hybridized carbons (Fsp3) is 0.520. The number of fused-ring (bicyclic) bond motifs is 1. The number of thioether (sulfide) groups is 1. The quantitative estimate of drug-likeness (QED) is 0.207. The van der Waals surface area contributed by atoms with Crippen molar-refractivity contribution in [3.8, 4) is 0 Å². The van der Waals surface area contributed by atoms with Crippen molar-refractivity contribution in [2.45, 2.75) is 46.1 Å². The van der Waals surface area contributed by atoms with Crippen LogP contribution in [0.5, 0.6) is 0 Å². The maximum absolute atomic E-state index is 12.3. The van der Waals surface area contributed by atoms with Crippen LogP contribution in [0.1, 0.15) is 39.0 Å². The minimum Gasteiger partial charge on any atom is -0.395 e. The van der Waals surface area contributed by atoms with Gasteiger partial charge in [0.15, 0.2) is 16.6 Å². The lowest BCUT2D eigenvalue weighted by molar-refractivity contribution is -0.119. The van der Waals surface area contributed by atoms with E-state index in [9.17, 15) is 9.90 Å². The molecule has 3 aromatic rings. The Kier molecular flexibility index (Phi) is 10.1. The number of nitrogens with one attached hydrogen (secondary N) is 1. The topological polar surface area (TPSA) is 147 Å². The fourth-order valence-corrected chi connectivity index (χ4v) is 6.03. The second kappa shape index (κ2) is 13.3. The SMILES string of the molecule is CC1CC(COP(NCc2ccccc2)OCCSC(=O)C(C)(C)CO)OC1n1cnc2c(N)ncnc21. The van der Waals surface area contributed by atoms with E-state index >= 15 is 0 Å². The molecular weight excluding hydrogens is 527 g/mol. The summed E-state index contributed by atoms with van der Waals surface area (Å²) >= 11 is 1.16. The average molecular weight is 563 g/mol. The number of nitrogen functional groups attached to an aromatic ring is 1. The monoisotopic (exact) mass is 562 g/mol. The zero-order valence-corrected chi connectivity index (χ0v) is 23.5. The van der Waals surface area contributed by atoms with E-state index in [1.54, 1.807) is 20.2 Å². The minimum atomic E-state index is -1.43. The number of carbonyl (C=O) groups excluding carboxylic acids is 1. The number of nitrogens with zero attached hydrogens (tertiary/aromatic N) is 4. The van der Waals surface area contributed by atoms with Gasteiger partial charge in [-0.15, -0.1) is 0 Å². The molecular formula is C25H35N6O5PS. The largest absolute Gasteiger partial charge is 0.395 e. The third-order valence-electron chi connectivity index (χ3n) is 6.22. The van der Waals surface area contributed by atoms with Gasteiger partial charge in [-0.2, -0.15) is 0 Å². The molecule has 0 bridgehead atoms. The first kappa shape index (κ1) is 28.8. The van der Waals surface area contributed by atoms with Crippen LogP contribution in [0.2, 0.25) is 0 Å². The Hall–Kier alpha value is -2.18. The first-order chi connectivity index (χ1) is 18.3. The Labute approximate surface area is 227 Å². The van der Waals surface area contributed by atoms with Gasteiger partial charge in [0.1, 0.15) is 18.1 Å². The molecule has 4 unspecified atom stereocenters. The second-order valence-electron chi connectivity index (χ2n) is 9.83. The van der Waals surface area contributed by atoms with Crippen LogP contribution < -0.4 is 10.8 Å². The van der Waals surface area contributed by atoms with Crippen LogP contribution in [0, 0.1) is 11.3 Å². The van der Waals surface area contributed by atoms with Gasteiger partial charge < -0.3 is 24.6 Å². The lowest BCUT2D eigenvalue weighted by Gasteiger charge is -2.22. The highest BCUT2D eigenvalue weighted by Crippen LogP contribution is 2.40. The van der Waals surface area contributed by atoms with Crippen LogP contribution in [-0.2, 0) is 25.1 Å². The normalized spacial score (nSPS) is 20.7. The molecule has 11 nitrogen and oxygen atoms in total. The molecule has 206 valence electrons. The van der Waals surface area contributed by atoms with Gasteiger partial charge in [0, 0.05) is 18.2 Å². The number of anilines is 1. The Morgan fingerprint density at radius 3 is 2.84 bits per heavy atom. The molecule has 0 amide bonds. The van der Waals surface area contributed by atoms with Gasteiger partial charge >= 0.3 is 0 Å². The Morgan fingerprint density at radius 1 is 1.29 bits per heavy atom. The smallest absolute Gasteiger partial charge is 0.256 e. The molecule has 1 saturated heterocycles. The van der Waals surface area contributed by atoms with Crippen molar-refractivity contribution in [2.75, 3.05) is 31.3 Å². The Bertz CT molecular complexity index is 1200. The number of hydrogen-bond donors (Lipinski definition) is 3. The predicted molar refractivity (Wildman–Crippen MR) is 148 cm³/mol. The predicted octanol–water partition coefficient (Wildman–Crippen LogP) is 3.66. The molecule has 1 aromatic carbocycles. The maximum Gasteiger partial charge on any atom is 0.256 e. The molecule has 1 aliphatic heterocycles. The van der Waals surface area contributed by atoms with Crippen LogP contribution in [0.15, 0.2) is 43.0 Å². The first-order valence-electron chi connectivity index (χ1n) is 12.5. The number of aliphatic hydroxyl groups is 1. The average Bonchev–Trinajstić information content (AvgIpc) is 3.51.